The van der Waals surface area contributed by atoms with Crippen LogP contribution in [0.15, 0.2) is 18.5 Å². The maximum absolute atomic E-state index is 9.36. The van der Waals surface area contributed by atoms with Crippen molar-refractivity contribution < 1.29 is 10.2 Å². The Morgan fingerprint density at radius 1 is 1.29 bits per heavy atom. The van der Waals surface area contributed by atoms with Crippen molar-refractivity contribution in [2.75, 3.05) is 23.7 Å². The molecule has 0 bridgehead atoms. The molecule has 0 aromatic carbocycles. The summed E-state index contributed by atoms with van der Waals surface area (Å²) in [6, 6.07) is 1.78. The van der Waals surface area contributed by atoms with Gasteiger partial charge in [-0.05, 0) is 6.07 Å². The number of nitrogens with zero attached hydrogens (tertiary/aromatic N) is 2. The number of nitrogen functional groups attached to an aromatic ring is 1. The lowest BCUT2D eigenvalue weighted by Gasteiger charge is -2.17. The molecule has 2 heterocycles. The molecule has 1 saturated heterocycles. The van der Waals surface area contributed by atoms with Crippen molar-refractivity contribution in [1.29, 1.82) is 0 Å². The van der Waals surface area contributed by atoms with Crippen molar-refractivity contribution in [3.05, 3.63) is 18.5 Å². The molecule has 0 unspecified atom stereocenters. The fourth-order valence-electron chi connectivity index (χ4n) is 1.60. The number of aliphatic hydroxyl groups is 2. The largest absolute Gasteiger partial charge is 0.397 e. The van der Waals surface area contributed by atoms with Gasteiger partial charge in [0.15, 0.2) is 0 Å². The summed E-state index contributed by atoms with van der Waals surface area (Å²) in [4.78, 5) is 5.81. The number of hydrogen-bond donors (Lipinski definition) is 3. The highest BCUT2D eigenvalue weighted by atomic mass is 16.3. The average Bonchev–Trinajstić information content (AvgIpc) is 2.47. The molecule has 2 atom stereocenters. The van der Waals surface area contributed by atoms with Gasteiger partial charge in [-0.3, -0.25) is 4.98 Å². The first kappa shape index (κ1) is 9.23. The van der Waals surface area contributed by atoms with Crippen LogP contribution in [0.3, 0.4) is 0 Å². The molecule has 1 aliphatic heterocycles. The molecule has 1 aromatic heterocycles. The van der Waals surface area contributed by atoms with Crippen LogP contribution in [-0.2, 0) is 0 Å². The van der Waals surface area contributed by atoms with Crippen molar-refractivity contribution >= 4 is 11.4 Å². The van der Waals surface area contributed by atoms with Crippen molar-refractivity contribution in [3.8, 4) is 0 Å². The number of pyridine rings is 1. The standard InChI is InChI=1S/C9H13N3O2/c10-6-1-7(3-11-2-6)12-4-8(13)9(14)5-12/h1-3,8-9,13-14H,4-5,10H2/t8-,9-/m0/s1. The van der Waals surface area contributed by atoms with Gasteiger partial charge in [0.2, 0.25) is 0 Å². The van der Waals surface area contributed by atoms with E-state index in [4.69, 9.17) is 5.73 Å². The molecular formula is C9H13N3O2. The van der Waals surface area contributed by atoms with E-state index in [1.54, 1.807) is 18.5 Å². The van der Waals surface area contributed by atoms with Gasteiger partial charge in [-0.2, -0.15) is 0 Å². The molecule has 0 saturated carbocycles. The summed E-state index contributed by atoms with van der Waals surface area (Å²) in [6.45, 7) is 0.846. The maximum atomic E-state index is 9.36. The lowest BCUT2D eigenvalue weighted by molar-refractivity contribution is 0.0572. The van der Waals surface area contributed by atoms with E-state index in [1.165, 1.54) is 0 Å². The predicted molar refractivity (Wildman–Crippen MR) is 52.9 cm³/mol. The smallest absolute Gasteiger partial charge is 0.0990 e. The van der Waals surface area contributed by atoms with Gasteiger partial charge in [-0.25, -0.2) is 0 Å². The molecule has 1 aromatic rings. The van der Waals surface area contributed by atoms with Gasteiger partial charge < -0.3 is 20.8 Å². The second-order valence-electron chi connectivity index (χ2n) is 3.52. The molecule has 0 radical (unpaired) electrons. The number of anilines is 2. The number of nitrogens with two attached hydrogens (primary N) is 1. The van der Waals surface area contributed by atoms with Crippen molar-refractivity contribution in [3.63, 3.8) is 0 Å². The van der Waals surface area contributed by atoms with E-state index >= 15 is 0 Å². The molecule has 14 heavy (non-hydrogen) atoms. The van der Waals surface area contributed by atoms with Crippen LogP contribution in [0, 0.1) is 0 Å². The van der Waals surface area contributed by atoms with E-state index in [2.05, 4.69) is 4.98 Å². The van der Waals surface area contributed by atoms with Crippen LogP contribution >= 0.6 is 0 Å². The summed E-state index contributed by atoms with van der Waals surface area (Å²) in [7, 11) is 0. The van der Waals surface area contributed by atoms with Crippen LogP contribution in [0.25, 0.3) is 0 Å². The fraction of sp³-hybridized carbons (Fsp3) is 0.444. The summed E-state index contributed by atoms with van der Waals surface area (Å²) >= 11 is 0. The quantitative estimate of drug-likeness (QED) is 0.547. The molecule has 2 rings (SSSR count). The van der Waals surface area contributed by atoms with E-state index in [0.717, 1.165) is 5.69 Å². The molecule has 1 fully saturated rings. The van der Waals surface area contributed by atoms with Gasteiger partial charge in [0, 0.05) is 19.3 Å². The van der Waals surface area contributed by atoms with Crippen LogP contribution in [0.2, 0.25) is 0 Å². The minimum absolute atomic E-state index is 0.423. The third-order valence-corrected chi connectivity index (χ3v) is 2.37. The average molecular weight is 195 g/mol. The Bertz CT molecular complexity index is 322. The summed E-state index contributed by atoms with van der Waals surface area (Å²) in [5, 5.41) is 18.7. The number of aliphatic hydroxyl groups excluding tert-OH is 2. The number of aromatic nitrogens is 1. The molecule has 1 aliphatic rings. The second-order valence-corrected chi connectivity index (χ2v) is 3.52. The van der Waals surface area contributed by atoms with E-state index in [0.29, 0.717) is 18.8 Å². The Morgan fingerprint density at radius 3 is 2.50 bits per heavy atom. The van der Waals surface area contributed by atoms with Crippen molar-refractivity contribution in [2.45, 2.75) is 12.2 Å². The van der Waals surface area contributed by atoms with Crippen LogP contribution in [0.5, 0.6) is 0 Å². The van der Waals surface area contributed by atoms with E-state index in [1.807, 2.05) is 4.90 Å². The normalized spacial score (nSPS) is 26.9. The lowest BCUT2D eigenvalue weighted by Crippen LogP contribution is -2.22. The minimum Gasteiger partial charge on any atom is -0.397 e. The first-order valence-electron chi connectivity index (χ1n) is 4.48. The summed E-state index contributed by atoms with van der Waals surface area (Å²) in [5.74, 6) is 0. The summed E-state index contributed by atoms with van der Waals surface area (Å²) in [6.07, 6.45) is 1.86. The van der Waals surface area contributed by atoms with Gasteiger partial charge in [0.05, 0.1) is 29.8 Å². The van der Waals surface area contributed by atoms with Gasteiger partial charge in [-0.1, -0.05) is 0 Å². The third-order valence-electron chi connectivity index (χ3n) is 2.37. The Kier molecular flexibility index (Phi) is 2.26. The van der Waals surface area contributed by atoms with Crippen LogP contribution in [0.4, 0.5) is 11.4 Å². The summed E-state index contributed by atoms with van der Waals surface area (Å²) < 4.78 is 0. The van der Waals surface area contributed by atoms with Gasteiger partial charge in [0.1, 0.15) is 0 Å². The zero-order chi connectivity index (χ0) is 10.1. The molecule has 4 N–H and O–H groups in total. The number of rotatable bonds is 1. The monoisotopic (exact) mass is 195 g/mol. The van der Waals surface area contributed by atoms with Crippen molar-refractivity contribution in [2.24, 2.45) is 0 Å². The Labute approximate surface area is 81.8 Å². The maximum Gasteiger partial charge on any atom is 0.0990 e. The zero-order valence-electron chi connectivity index (χ0n) is 7.67. The second kappa shape index (κ2) is 3.43. The summed E-state index contributed by atoms with van der Waals surface area (Å²) in [5.41, 5.74) is 7.00. The molecule has 76 valence electrons. The van der Waals surface area contributed by atoms with E-state index < -0.39 is 12.2 Å². The third kappa shape index (κ3) is 1.64. The van der Waals surface area contributed by atoms with Gasteiger partial charge in [-0.15, -0.1) is 0 Å². The van der Waals surface area contributed by atoms with Crippen LogP contribution in [0.1, 0.15) is 0 Å². The first-order chi connectivity index (χ1) is 6.66. The first-order valence-corrected chi connectivity index (χ1v) is 4.48. The predicted octanol–water partition coefficient (Wildman–Crippen LogP) is -0.794. The molecule has 5 heteroatoms. The molecule has 0 aliphatic carbocycles. The highest BCUT2D eigenvalue weighted by molar-refractivity contribution is 5.54. The SMILES string of the molecule is Nc1cncc(N2C[C@H](O)[C@@H](O)C2)c1. The number of hydrogen-bond acceptors (Lipinski definition) is 5. The van der Waals surface area contributed by atoms with Gasteiger partial charge >= 0.3 is 0 Å². The van der Waals surface area contributed by atoms with E-state index in [9.17, 15) is 10.2 Å². The Morgan fingerprint density at radius 2 is 1.93 bits per heavy atom. The molecule has 0 spiro atoms. The van der Waals surface area contributed by atoms with Crippen LogP contribution in [-0.4, -0.2) is 40.5 Å². The minimum atomic E-state index is -0.684. The van der Waals surface area contributed by atoms with Crippen LogP contribution < -0.4 is 10.6 Å². The lowest BCUT2D eigenvalue weighted by atomic mass is 10.3. The Hall–Kier alpha value is -1.33. The highest BCUT2D eigenvalue weighted by Crippen LogP contribution is 2.21. The van der Waals surface area contributed by atoms with Crippen molar-refractivity contribution in [1.82, 2.24) is 4.98 Å². The Balaban J connectivity index is 2.17. The molecule has 0 amide bonds. The zero-order valence-corrected chi connectivity index (χ0v) is 7.67. The van der Waals surface area contributed by atoms with E-state index in [-0.39, 0.29) is 0 Å². The van der Waals surface area contributed by atoms with Gasteiger partial charge in [0.25, 0.3) is 0 Å². The topological polar surface area (TPSA) is 82.6 Å². The number of β-amino-alcohol motifs (C(OH)–C–C–N with tert-alkyl or cyclic N) is 2. The molecule has 5 nitrogen and oxygen atoms in total. The molecular weight excluding hydrogens is 182 g/mol. The highest BCUT2D eigenvalue weighted by Gasteiger charge is 2.29. The fourth-order valence-corrected chi connectivity index (χ4v) is 1.60.